The van der Waals surface area contributed by atoms with Gasteiger partial charge in [0.25, 0.3) is 0 Å². The van der Waals surface area contributed by atoms with Crippen LogP contribution in [0.5, 0.6) is 5.75 Å². The number of Topliss-reactive ketones (excluding diaryl/α,β-unsaturated/α-hetero) is 1. The van der Waals surface area contributed by atoms with Gasteiger partial charge in [-0.05, 0) is 30.9 Å². The van der Waals surface area contributed by atoms with Crippen LogP contribution in [0, 0.1) is 23.2 Å². The zero-order chi connectivity index (χ0) is 17.3. The van der Waals surface area contributed by atoms with Gasteiger partial charge in [0.1, 0.15) is 24.2 Å². The standard InChI is InChI=1S/C20H26O4/c1-13-18-16(17(22)10-11-20(18,2)19(13)23)9-8-14(21)12-24-15-6-4-3-5-7-15/h3-9,13-14,16-18,21-22H,10-12H2,1-2H3/t13?,14-,16-,17+,18+,20-/m0/s1. The normalized spacial score (nSPS) is 36.9. The molecule has 24 heavy (non-hydrogen) atoms. The highest BCUT2D eigenvalue weighted by Crippen LogP contribution is 2.58. The van der Waals surface area contributed by atoms with Crippen LogP contribution in [0.2, 0.25) is 0 Å². The Labute approximate surface area is 143 Å². The number of hydrogen-bond acceptors (Lipinski definition) is 4. The second-order valence-corrected chi connectivity index (χ2v) is 7.36. The van der Waals surface area contributed by atoms with Gasteiger partial charge in [-0.2, -0.15) is 0 Å². The minimum atomic E-state index is -0.739. The lowest BCUT2D eigenvalue weighted by Gasteiger charge is -2.57. The fraction of sp³-hybridized carbons (Fsp3) is 0.550. The Kier molecular flexibility index (Phi) is 4.79. The van der Waals surface area contributed by atoms with Crippen molar-refractivity contribution in [2.45, 2.75) is 38.9 Å². The van der Waals surface area contributed by atoms with E-state index in [1.165, 1.54) is 0 Å². The lowest BCUT2D eigenvalue weighted by molar-refractivity contribution is -0.170. The average molecular weight is 330 g/mol. The lowest BCUT2D eigenvalue weighted by Crippen LogP contribution is -2.62. The molecule has 2 N–H and O–H groups in total. The van der Waals surface area contributed by atoms with Gasteiger partial charge < -0.3 is 14.9 Å². The van der Waals surface area contributed by atoms with Crippen molar-refractivity contribution < 1.29 is 19.7 Å². The molecule has 0 radical (unpaired) electrons. The maximum Gasteiger partial charge on any atom is 0.142 e. The van der Waals surface area contributed by atoms with Crippen LogP contribution in [0.1, 0.15) is 26.7 Å². The van der Waals surface area contributed by atoms with E-state index in [0.29, 0.717) is 18.0 Å². The van der Waals surface area contributed by atoms with Crippen LogP contribution in [0.15, 0.2) is 42.5 Å². The molecule has 6 atom stereocenters. The number of ether oxygens (including phenoxy) is 1. The van der Waals surface area contributed by atoms with Crippen LogP contribution in [0.25, 0.3) is 0 Å². The Balaban J connectivity index is 1.61. The van der Waals surface area contributed by atoms with E-state index in [2.05, 4.69) is 0 Å². The molecule has 2 saturated carbocycles. The number of carbonyl (C=O) groups excluding carboxylic acids is 1. The summed E-state index contributed by atoms with van der Waals surface area (Å²) >= 11 is 0. The molecule has 0 heterocycles. The van der Waals surface area contributed by atoms with Gasteiger partial charge in [0.2, 0.25) is 0 Å². The van der Waals surface area contributed by atoms with Crippen LogP contribution < -0.4 is 4.74 Å². The van der Waals surface area contributed by atoms with E-state index in [0.717, 1.165) is 6.42 Å². The molecule has 2 aliphatic rings. The number of carbonyl (C=O) groups is 1. The molecule has 2 fully saturated rings. The second-order valence-electron chi connectivity index (χ2n) is 7.36. The summed E-state index contributed by atoms with van der Waals surface area (Å²) in [5.74, 6) is 1.09. The van der Waals surface area contributed by atoms with Crippen molar-refractivity contribution in [2.75, 3.05) is 6.61 Å². The van der Waals surface area contributed by atoms with E-state index in [1.807, 2.05) is 50.3 Å². The molecule has 0 spiro atoms. The number of benzene rings is 1. The fourth-order valence-electron chi connectivity index (χ4n) is 4.49. The van der Waals surface area contributed by atoms with Gasteiger partial charge in [0, 0.05) is 17.3 Å². The quantitative estimate of drug-likeness (QED) is 0.815. The molecule has 0 saturated heterocycles. The molecule has 4 heteroatoms. The van der Waals surface area contributed by atoms with Crippen LogP contribution in [0.4, 0.5) is 0 Å². The molecule has 1 aromatic rings. The monoisotopic (exact) mass is 330 g/mol. The molecular formula is C20H26O4. The maximum absolute atomic E-state index is 12.2. The van der Waals surface area contributed by atoms with Gasteiger partial charge in [0.05, 0.1) is 6.10 Å². The molecule has 3 rings (SSSR count). The molecule has 0 aliphatic heterocycles. The summed E-state index contributed by atoms with van der Waals surface area (Å²) in [6.07, 6.45) is 3.78. The molecular weight excluding hydrogens is 304 g/mol. The SMILES string of the molecule is CC1C(=O)[C@@]2(C)CC[C@@H](O)[C@H](C=C[C@H](O)COc3ccccc3)[C@@H]12. The Morgan fingerprint density at radius 2 is 2.08 bits per heavy atom. The van der Waals surface area contributed by atoms with Crippen molar-refractivity contribution in [1.29, 1.82) is 0 Å². The van der Waals surface area contributed by atoms with Crippen LogP contribution >= 0.6 is 0 Å². The second kappa shape index (κ2) is 6.69. The molecule has 1 aromatic carbocycles. The first-order valence-corrected chi connectivity index (χ1v) is 8.70. The largest absolute Gasteiger partial charge is 0.491 e. The zero-order valence-electron chi connectivity index (χ0n) is 14.3. The molecule has 0 bridgehead atoms. The Hall–Kier alpha value is -1.65. The minimum Gasteiger partial charge on any atom is -0.491 e. The van der Waals surface area contributed by atoms with Gasteiger partial charge in [-0.3, -0.25) is 4.79 Å². The lowest BCUT2D eigenvalue weighted by atomic mass is 9.45. The summed E-state index contributed by atoms with van der Waals surface area (Å²) in [5.41, 5.74) is -0.306. The van der Waals surface area contributed by atoms with Crippen molar-refractivity contribution in [1.82, 2.24) is 0 Å². The number of hydrogen-bond donors (Lipinski definition) is 2. The van der Waals surface area contributed by atoms with Crippen molar-refractivity contribution >= 4 is 5.78 Å². The minimum absolute atomic E-state index is 0.0164. The molecule has 0 aromatic heterocycles. The molecule has 2 aliphatic carbocycles. The summed E-state index contributed by atoms with van der Waals surface area (Å²) in [7, 11) is 0. The topological polar surface area (TPSA) is 66.8 Å². The van der Waals surface area contributed by atoms with Gasteiger partial charge in [-0.1, -0.05) is 44.2 Å². The number of rotatable bonds is 5. The first-order chi connectivity index (χ1) is 11.4. The Morgan fingerprint density at radius 3 is 2.79 bits per heavy atom. The van der Waals surface area contributed by atoms with Crippen molar-refractivity contribution in [3.8, 4) is 5.75 Å². The number of aliphatic hydroxyl groups is 2. The highest BCUT2D eigenvalue weighted by Gasteiger charge is 2.61. The number of ketones is 1. The number of para-hydroxylation sites is 1. The van der Waals surface area contributed by atoms with Crippen LogP contribution in [-0.2, 0) is 4.79 Å². The van der Waals surface area contributed by atoms with E-state index in [9.17, 15) is 15.0 Å². The average Bonchev–Trinajstić information content (AvgIpc) is 2.60. The zero-order valence-corrected chi connectivity index (χ0v) is 14.3. The highest BCUT2D eigenvalue weighted by molar-refractivity contribution is 5.93. The van der Waals surface area contributed by atoms with Gasteiger partial charge >= 0.3 is 0 Å². The Morgan fingerprint density at radius 1 is 1.38 bits per heavy atom. The predicted molar refractivity (Wildman–Crippen MR) is 91.6 cm³/mol. The van der Waals surface area contributed by atoms with Gasteiger partial charge in [-0.25, -0.2) is 0 Å². The first-order valence-electron chi connectivity index (χ1n) is 8.70. The third kappa shape index (κ3) is 3.01. The number of fused-ring (bicyclic) bond motifs is 1. The molecule has 130 valence electrons. The van der Waals surface area contributed by atoms with Crippen LogP contribution in [-0.4, -0.2) is 34.8 Å². The summed E-state index contributed by atoms with van der Waals surface area (Å²) < 4.78 is 5.54. The highest BCUT2D eigenvalue weighted by atomic mass is 16.5. The Bertz CT molecular complexity index is 611. The third-order valence-electron chi connectivity index (χ3n) is 5.79. The summed E-state index contributed by atoms with van der Waals surface area (Å²) in [5, 5.41) is 20.5. The maximum atomic E-state index is 12.2. The summed E-state index contributed by atoms with van der Waals surface area (Å²) in [6.45, 7) is 4.13. The van der Waals surface area contributed by atoms with Crippen LogP contribution in [0.3, 0.4) is 0 Å². The summed E-state index contributed by atoms with van der Waals surface area (Å²) in [6, 6.07) is 9.35. The van der Waals surface area contributed by atoms with Crippen molar-refractivity contribution in [3.63, 3.8) is 0 Å². The summed E-state index contributed by atoms with van der Waals surface area (Å²) in [4.78, 5) is 12.2. The van der Waals surface area contributed by atoms with Gasteiger partial charge in [0.15, 0.2) is 0 Å². The third-order valence-corrected chi connectivity index (χ3v) is 5.79. The molecule has 1 unspecified atom stereocenters. The predicted octanol–water partition coefficient (Wildman–Crippen LogP) is 2.59. The van der Waals surface area contributed by atoms with E-state index in [-0.39, 0.29) is 29.8 Å². The fourth-order valence-corrected chi connectivity index (χ4v) is 4.49. The molecule has 0 amide bonds. The first kappa shape index (κ1) is 17.2. The smallest absolute Gasteiger partial charge is 0.142 e. The van der Waals surface area contributed by atoms with Crippen molar-refractivity contribution in [2.24, 2.45) is 23.2 Å². The number of aliphatic hydroxyl groups excluding tert-OH is 2. The van der Waals surface area contributed by atoms with E-state index in [1.54, 1.807) is 6.08 Å². The molecule has 4 nitrogen and oxygen atoms in total. The van der Waals surface area contributed by atoms with E-state index < -0.39 is 12.2 Å². The van der Waals surface area contributed by atoms with Crippen molar-refractivity contribution in [3.05, 3.63) is 42.5 Å². The van der Waals surface area contributed by atoms with Gasteiger partial charge in [-0.15, -0.1) is 0 Å². The van der Waals surface area contributed by atoms with E-state index in [4.69, 9.17) is 4.74 Å². The van der Waals surface area contributed by atoms with E-state index >= 15 is 0 Å².